The largest absolute Gasteiger partial charge is 0.340 e. The Labute approximate surface area is 143 Å². The summed E-state index contributed by atoms with van der Waals surface area (Å²) in [4.78, 5) is 23.4. The van der Waals surface area contributed by atoms with Gasteiger partial charge in [0.25, 0.3) is 0 Å². The molecule has 1 amide bonds. The maximum atomic E-state index is 12.6. The molecular weight excluding hydrogens is 302 g/mol. The van der Waals surface area contributed by atoms with Crippen molar-refractivity contribution in [2.24, 2.45) is 0 Å². The van der Waals surface area contributed by atoms with Crippen LogP contribution in [-0.2, 0) is 17.9 Å². The van der Waals surface area contributed by atoms with Crippen LogP contribution in [0.25, 0.3) is 0 Å². The lowest BCUT2D eigenvalue weighted by molar-refractivity contribution is -0.133. The minimum atomic E-state index is 0.174. The van der Waals surface area contributed by atoms with Crippen molar-refractivity contribution >= 4 is 5.91 Å². The Balaban J connectivity index is 1.65. The number of carbonyl (C=O) groups excluding carboxylic acids is 1. The molecule has 6 nitrogen and oxygen atoms in total. The quantitative estimate of drug-likeness (QED) is 0.818. The van der Waals surface area contributed by atoms with Crippen LogP contribution in [0.2, 0.25) is 0 Å². The maximum absolute atomic E-state index is 12.6. The molecule has 0 bridgehead atoms. The summed E-state index contributed by atoms with van der Waals surface area (Å²) in [5, 5.41) is 0. The van der Waals surface area contributed by atoms with Crippen molar-refractivity contribution in [3.63, 3.8) is 0 Å². The van der Waals surface area contributed by atoms with Gasteiger partial charge in [-0.15, -0.1) is 0 Å². The second-order valence-corrected chi connectivity index (χ2v) is 6.61. The standard InChI is InChI=1S/C18H27N5O/c1-3-4-9-21-11-8-20-18(21)16-6-5-10-23(13-16)17(24)14-22-12-7-19-15(22)2/h7-8,11-12,16H,3-6,9-10,13-14H2,1-2H3/t16-/m1/s1. The molecule has 3 heterocycles. The van der Waals surface area contributed by atoms with E-state index in [1.807, 2.05) is 28.8 Å². The second-order valence-electron chi connectivity index (χ2n) is 6.61. The van der Waals surface area contributed by atoms with Crippen LogP contribution < -0.4 is 0 Å². The molecule has 1 atom stereocenters. The van der Waals surface area contributed by atoms with E-state index in [-0.39, 0.29) is 5.91 Å². The average molecular weight is 329 g/mol. The summed E-state index contributed by atoms with van der Waals surface area (Å²) >= 11 is 0. The molecule has 24 heavy (non-hydrogen) atoms. The number of likely N-dealkylation sites (tertiary alicyclic amines) is 1. The van der Waals surface area contributed by atoms with Gasteiger partial charge in [0.2, 0.25) is 5.91 Å². The summed E-state index contributed by atoms with van der Waals surface area (Å²) in [5.41, 5.74) is 0. The average Bonchev–Trinajstić information content (AvgIpc) is 3.22. The second kappa shape index (κ2) is 7.64. The minimum Gasteiger partial charge on any atom is -0.340 e. The lowest BCUT2D eigenvalue weighted by atomic mass is 9.97. The van der Waals surface area contributed by atoms with E-state index in [0.29, 0.717) is 12.5 Å². The molecule has 1 aliphatic heterocycles. The van der Waals surface area contributed by atoms with Gasteiger partial charge >= 0.3 is 0 Å². The fraction of sp³-hybridized carbons (Fsp3) is 0.611. The molecular formula is C18H27N5O. The van der Waals surface area contributed by atoms with Crippen molar-refractivity contribution in [1.82, 2.24) is 24.0 Å². The van der Waals surface area contributed by atoms with Crippen LogP contribution in [0.15, 0.2) is 24.8 Å². The molecule has 3 rings (SSSR count). The summed E-state index contributed by atoms with van der Waals surface area (Å²) in [5.74, 6) is 2.54. The number of hydrogen-bond acceptors (Lipinski definition) is 3. The van der Waals surface area contributed by atoms with E-state index >= 15 is 0 Å². The SMILES string of the molecule is CCCCn1ccnc1[C@@H]1CCCN(C(=O)Cn2ccnc2C)C1. The highest BCUT2D eigenvalue weighted by atomic mass is 16.2. The van der Waals surface area contributed by atoms with E-state index in [0.717, 1.165) is 44.1 Å². The molecule has 0 spiro atoms. The van der Waals surface area contributed by atoms with Crippen LogP contribution in [0.5, 0.6) is 0 Å². The topological polar surface area (TPSA) is 56.0 Å². The van der Waals surface area contributed by atoms with Gasteiger partial charge < -0.3 is 14.0 Å². The number of unbranched alkanes of at least 4 members (excludes halogenated alkanes) is 1. The highest BCUT2D eigenvalue weighted by molar-refractivity contribution is 5.76. The van der Waals surface area contributed by atoms with Gasteiger partial charge in [-0.05, 0) is 26.2 Å². The minimum absolute atomic E-state index is 0.174. The van der Waals surface area contributed by atoms with Gasteiger partial charge in [0, 0.05) is 50.3 Å². The number of piperidine rings is 1. The van der Waals surface area contributed by atoms with Crippen LogP contribution in [0.4, 0.5) is 0 Å². The van der Waals surface area contributed by atoms with Gasteiger partial charge in [-0.25, -0.2) is 9.97 Å². The summed E-state index contributed by atoms with van der Waals surface area (Å²) in [6, 6.07) is 0. The molecule has 1 aliphatic rings. The van der Waals surface area contributed by atoms with Crippen molar-refractivity contribution in [3.8, 4) is 0 Å². The van der Waals surface area contributed by atoms with Gasteiger partial charge in [-0.1, -0.05) is 13.3 Å². The number of nitrogens with zero attached hydrogens (tertiary/aromatic N) is 5. The molecule has 0 aromatic carbocycles. The lowest BCUT2D eigenvalue weighted by Crippen LogP contribution is -2.41. The fourth-order valence-corrected chi connectivity index (χ4v) is 3.43. The van der Waals surface area contributed by atoms with E-state index in [1.54, 1.807) is 6.20 Å². The number of imidazole rings is 2. The van der Waals surface area contributed by atoms with Gasteiger partial charge in [-0.2, -0.15) is 0 Å². The Kier molecular flexibility index (Phi) is 5.33. The zero-order valence-corrected chi connectivity index (χ0v) is 14.7. The number of hydrogen-bond donors (Lipinski definition) is 0. The molecule has 2 aromatic heterocycles. The van der Waals surface area contributed by atoms with Crippen molar-refractivity contribution in [2.75, 3.05) is 13.1 Å². The zero-order chi connectivity index (χ0) is 16.9. The van der Waals surface area contributed by atoms with Crippen LogP contribution in [0, 0.1) is 6.92 Å². The highest BCUT2D eigenvalue weighted by Gasteiger charge is 2.27. The molecule has 6 heteroatoms. The molecule has 0 N–H and O–H groups in total. The monoisotopic (exact) mass is 329 g/mol. The Morgan fingerprint density at radius 1 is 1.25 bits per heavy atom. The zero-order valence-electron chi connectivity index (χ0n) is 14.7. The number of carbonyl (C=O) groups is 1. The molecule has 0 unspecified atom stereocenters. The number of rotatable bonds is 6. The summed E-state index contributed by atoms with van der Waals surface area (Å²) in [6.07, 6.45) is 12.1. The first-order valence-electron chi connectivity index (χ1n) is 8.95. The third-order valence-corrected chi connectivity index (χ3v) is 4.87. The summed E-state index contributed by atoms with van der Waals surface area (Å²) in [6.45, 7) is 7.15. The normalized spacial score (nSPS) is 18.1. The first-order valence-corrected chi connectivity index (χ1v) is 8.95. The van der Waals surface area contributed by atoms with Gasteiger partial charge in [0.05, 0.1) is 0 Å². The Morgan fingerprint density at radius 2 is 2.04 bits per heavy atom. The van der Waals surface area contributed by atoms with Crippen molar-refractivity contribution < 1.29 is 4.79 Å². The van der Waals surface area contributed by atoms with Crippen molar-refractivity contribution in [2.45, 2.75) is 58.5 Å². The Hall–Kier alpha value is -2.11. The number of aromatic nitrogens is 4. The third-order valence-electron chi connectivity index (χ3n) is 4.87. The molecule has 0 radical (unpaired) electrons. The number of amides is 1. The van der Waals surface area contributed by atoms with E-state index in [4.69, 9.17) is 0 Å². The first-order chi connectivity index (χ1) is 11.7. The number of aryl methyl sites for hydroxylation is 2. The molecule has 130 valence electrons. The fourth-order valence-electron chi connectivity index (χ4n) is 3.43. The van der Waals surface area contributed by atoms with E-state index in [9.17, 15) is 4.79 Å². The Bertz CT molecular complexity index is 675. The Morgan fingerprint density at radius 3 is 2.79 bits per heavy atom. The molecule has 0 aliphatic carbocycles. The molecule has 1 saturated heterocycles. The van der Waals surface area contributed by atoms with Crippen molar-refractivity contribution in [1.29, 1.82) is 0 Å². The molecule has 2 aromatic rings. The predicted octanol–water partition coefficient (Wildman–Crippen LogP) is 2.59. The van der Waals surface area contributed by atoms with Gasteiger partial charge in [0.15, 0.2) is 0 Å². The first kappa shape index (κ1) is 16.7. The van der Waals surface area contributed by atoms with Crippen LogP contribution in [0.3, 0.4) is 0 Å². The van der Waals surface area contributed by atoms with Crippen molar-refractivity contribution in [3.05, 3.63) is 36.4 Å². The summed E-state index contributed by atoms with van der Waals surface area (Å²) in [7, 11) is 0. The van der Waals surface area contributed by atoms with Gasteiger partial charge in [0.1, 0.15) is 18.2 Å². The molecule has 0 saturated carbocycles. The molecule has 1 fully saturated rings. The van der Waals surface area contributed by atoms with Gasteiger partial charge in [-0.3, -0.25) is 4.79 Å². The van der Waals surface area contributed by atoms with Crippen LogP contribution >= 0.6 is 0 Å². The summed E-state index contributed by atoms with van der Waals surface area (Å²) < 4.78 is 4.18. The predicted molar refractivity (Wildman–Crippen MR) is 92.7 cm³/mol. The lowest BCUT2D eigenvalue weighted by Gasteiger charge is -2.33. The highest BCUT2D eigenvalue weighted by Crippen LogP contribution is 2.26. The van der Waals surface area contributed by atoms with Crippen LogP contribution in [-0.4, -0.2) is 43.0 Å². The maximum Gasteiger partial charge on any atom is 0.242 e. The smallest absolute Gasteiger partial charge is 0.242 e. The van der Waals surface area contributed by atoms with E-state index in [1.165, 1.54) is 12.8 Å². The van der Waals surface area contributed by atoms with E-state index < -0.39 is 0 Å². The van der Waals surface area contributed by atoms with Crippen LogP contribution in [0.1, 0.15) is 50.2 Å². The third kappa shape index (κ3) is 3.68. The van der Waals surface area contributed by atoms with E-state index in [2.05, 4.69) is 27.7 Å².